The van der Waals surface area contributed by atoms with Crippen molar-refractivity contribution in [3.8, 4) is 5.75 Å². The summed E-state index contributed by atoms with van der Waals surface area (Å²) in [6.45, 7) is 4.20. The van der Waals surface area contributed by atoms with Gasteiger partial charge in [0.2, 0.25) is 5.91 Å². The van der Waals surface area contributed by atoms with Crippen molar-refractivity contribution in [3.05, 3.63) is 40.2 Å². The highest BCUT2D eigenvalue weighted by atomic mass is 32.2. The van der Waals surface area contributed by atoms with Gasteiger partial charge in [0.05, 0.1) is 23.4 Å². The van der Waals surface area contributed by atoms with Crippen molar-refractivity contribution in [1.29, 1.82) is 0 Å². The zero-order valence-corrected chi connectivity index (χ0v) is 18.8. The van der Waals surface area contributed by atoms with E-state index in [0.29, 0.717) is 38.0 Å². The van der Waals surface area contributed by atoms with Gasteiger partial charge in [-0.05, 0) is 36.8 Å². The lowest BCUT2D eigenvalue weighted by Crippen LogP contribution is -2.28. The van der Waals surface area contributed by atoms with Crippen molar-refractivity contribution in [2.45, 2.75) is 26.7 Å². The van der Waals surface area contributed by atoms with Crippen LogP contribution in [0.15, 0.2) is 34.6 Å². The van der Waals surface area contributed by atoms with Crippen molar-refractivity contribution in [3.63, 3.8) is 0 Å². The molecule has 1 aromatic heterocycles. The number of anilines is 2. The van der Waals surface area contributed by atoms with Crippen molar-refractivity contribution < 1.29 is 14.3 Å². The number of thioether (sulfide) groups is 1. The molecule has 9 heteroatoms. The Hall–Kier alpha value is -2.23. The summed E-state index contributed by atoms with van der Waals surface area (Å²) in [6.07, 6.45) is 3.64. The van der Waals surface area contributed by atoms with Gasteiger partial charge in [0.25, 0.3) is 5.91 Å². The Kier molecular flexibility index (Phi) is 7.05. The number of hydrogen-bond donors (Lipinski definition) is 0. The zero-order chi connectivity index (χ0) is 21.0. The van der Waals surface area contributed by atoms with Crippen LogP contribution in [0.25, 0.3) is 6.08 Å². The highest BCUT2D eigenvalue weighted by Gasteiger charge is 2.31. The van der Waals surface area contributed by atoms with Gasteiger partial charge in [-0.3, -0.25) is 19.4 Å². The fraction of sp³-hybridized carbons (Fsp3) is 0.300. The van der Waals surface area contributed by atoms with Crippen LogP contribution in [0.1, 0.15) is 32.4 Å². The van der Waals surface area contributed by atoms with Crippen LogP contribution in [0.2, 0.25) is 0 Å². The lowest BCUT2D eigenvalue weighted by atomic mass is 10.3. The zero-order valence-electron chi connectivity index (χ0n) is 16.4. The standard InChI is InChI=1S/C20H21N3O3S3/c1-4-5-10-22-18(25)17(29-20(22)27)11-14-12-28-19(21-14)23(13(2)24)15-6-8-16(26-3)9-7-15/h6-9,11-12H,4-5,10H2,1-3H3/b17-11+. The number of carbonyl (C=O) groups is 2. The van der Waals surface area contributed by atoms with E-state index in [1.807, 2.05) is 5.38 Å². The third kappa shape index (κ3) is 4.85. The van der Waals surface area contributed by atoms with Crippen molar-refractivity contribution >= 4 is 68.3 Å². The van der Waals surface area contributed by atoms with E-state index in [-0.39, 0.29) is 11.8 Å². The van der Waals surface area contributed by atoms with Crippen LogP contribution in [0.5, 0.6) is 5.75 Å². The summed E-state index contributed by atoms with van der Waals surface area (Å²) in [7, 11) is 1.59. The summed E-state index contributed by atoms with van der Waals surface area (Å²) in [5.41, 5.74) is 1.32. The summed E-state index contributed by atoms with van der Waals surface area (Å²) in [6, 6.07) is 7.20. The van der Waals surface area contributed by atoms with Gasteiger partial charge in [0.1, 0.15) is 10.1 Å². The molecule has 0 radical (unpaired) electrons. The van der Waals surface area contributed by atoms with Crippen LogP contribution in [-0.2, 0) is 9.59 Å². The number of ether oxygens (including phenoxy) is 1. The van der Waals surface area contributed by atoms with Crippen LogP contribution < -0.4 is 9.64 Å². The fourth-order valence-corrected chi connectivity index (χ4v) is 4.88. The average molecular weight is 448 g/mol. The molecule has 0 bridgehead atoms. The van der Waals surface area contributed by atoms with Gasteiger partial charge in [-0.1, -0.05) is 37.3 Å². The van der Waals surface area contributed by atoms with Gasteiger partial charge in [0, 0.05) is 18.8 Å². The van der Waals surface area contributed by atoms with E-state index in [1.54, 1.807) is 42.4 Å². The number of aromatic nitrogens is 1. The highest BCUT2D eigenvalue weighted by molar-refractivity contribution is 8.26. The molecule has 1 aliphatic rings. The fourth-order valence-electron chi connectivity index (χ4n) is 2.75. The first-order chi connectivity index (χ1) is 13.9. The molecule has 152 valence electrons. The number of thiocarbonyl (C=S) groups is 1. The third-order valence-electron chi connectivity index (χ3n) is 4.23. The average Bonchev–Trinajstić information content (AvgIpc) is 3.25. The Morgan fingerprint density at radius 1 is 1.34 bits per heavy atom. The number of methoxy groups -OCH3 is 1. The van der Waals surface area contributed by atoms with Crippen molar-refractivity contribution in [1.82, 2.24) is 9.88 Å². The molecule has 0 atom stereocenters. The first-order valence-electron chi connectivity index (χ1n) is 9.10. The largest absolute Gasteiger partial charge is 0.497 e. The van der Waals surface area contributed by atoms with Crippen LogP contribution >= 0.6 is 35.3 Å². The van der Waals surface area contributed by atoms with Gasteiger partial charge in [-0.25, -0.2) is 4.98 Å². The Labute approximate surface area is 183 Å². The third-order valence-corrected chi connectivity index (χ3v) is 6.46. The molecule has 29 heavy (non-hydrogen) atoms. The van der Waals surface area contributed by atoms with Gasteiger partial charge < -0.3 is 4.74 Å². The maximum absolute atomic E-state index is 12.6. The predicted molar refractivity (Wildman–Crippen MR) is 123 cm³/mol. The van der Waals surface area contributed by atoms with Gasteiger partial charge >= 0.3 is 0 Å². The molecule has 0 N–H and O–H groups in total. The van der Waals surface area contributed by atoms with Crippen molar-refractivity contribution in [2.75, 3.05) is 18.6 Å². The molecule has 2 amide bonds. The molecule has 3 rings (SSSR count). The second kappa shape index (κ2) is 9.51. The number of rotatable bonds is 7. The van der Waals surface area contributed by atoms with Gasteiger partial charge in [-0.2, -0.15) is 0 Å². The van der Waals surface area contributed by atoms with Crippen molar-refractivity contribution in [2.24, 2.45) is 0 Å². The SMILES string of the molecule is CCCCN1C(=O)/C(=C\c2csc(N(C(C)=O)c3ccc(OC)cc3)n2)SC1=S. The topological polar surface area (TPSA) is 62.7 Å². The number of carbonyl (C=O) groups excluding carboxylic acids is 2. The minimum absolute atomic E-state index is 0.0819. The lowest BCUT2D eigenvalue weighted by molar-refractivity contribution is -0.122. The van der Waals surface area contributed by atoms with E-state index in [2.05, 4.69) is 11.9 Å². The number of unbranched alkanes of at least 4 members (excludes halogenated alkanes) is 1. The van der Waals surface area contributed by atoms with E-state index in [9.17, 15) is 9.59 Å². The van der Waals surface area contributed by atoms with Crippen LogP contribution in [0, 0.1) is 0 Å². The lowest BCUT2D eigenvalue weighted by Gasteiger charge is -2.18. The molecule has 0 aliphatic carbocycles. The van der Waals surface area contributed by atoms with Crippen LogP contribution in [0.4, 0.5) is 10.8 Å². The Balaban J connectivity index is 1.83. The molecule has 1 aromatic carbocycles. The maximum atomic E-state index is 12.6. The normalized spacial score (nSPS) is 15.3. The summed E-state index contributed by atoms with van der Waals surface area (Å²) >= 11 is 7.97. The summed E-state index contributed by atoms with van der Waals surface area (Å²) in [5, 5.41) is 2.36. The summed E-state index contributed by atoms with van der Waals surface area (Å²) in [5.74, 6) is 0.478. The number of hydrogen-bond acceptors (Lipinski definition) is 7. The maximum Gasteiger partial charge on any atom is 0.266 e. The van der Waals surface area contributed by atoms with E-state index < -0.39 is 0 Å². The number of nitrogens with zero attached hydrogens (tertiary/aromatic N) is 3. The molecule has 1 saturated heterocycles. The molecule has 2 aromatic rings. The van der Waals surface area contributed by atoms with Crippen LogP contribution in [-0.4, -0.2) is 39.7 Å². The minimum atomic E-state index is -0.151. The number of benzene rings is 1. The van der Waals surface area contributed by atoms with E-state index in [0.717, 1.165) is 12.8 Å². The second-order valence-corrected chi connectivity index (χ2v) is 8.81. The molecule has 1 fully saturated rings. The first-order valence-corrected chi connectivity index (χ1v) is 11.2. The smallest absolute Gasteiger partial charge is 0.266 e. The highest BCUT2D eigenvalue weighted by Crippen LogP contribution is 2.35. The molecular weight excluding hydrogens is 426 g/mol. The van der Waals surface area contributed by atoms with E-state index in [1.165, 1.54) is 34.9 Å². The van der Waals surface area contributed by atoms with E-state index in [4.69, 9.17) is 17.0 Å². The molecule has 6 nitrogen and oxygen atoms in total. The molecule has 1 aliphatic heterocycles. The van der Waals surface area contributed by atoms with Gasteiger partial charge in [-0.15, -0.1) is 11.3 Å². The molecule has 0 saturated carbocycles. The number of amides is 2. The quantitative estimate of drug-likeness (QED) is 0.447. The monoisotopic (exact) mass is 447 g/mol. The molecular formula is C20H21N3O3S3. The Morgan fingerprint density at radius 2 is 2.07 bits per heavy atom. The van der Waals surface area contributed by atoms with Crippen LogP contribution in [0.3, 0.4) is 0 Å². The predicted octanol–water partition coefficient (Wildman–Crippen LogP) is 4.84. The van der Waals surface area contributed by atoms with E-state index >= 15 is 0 Å². The summed E-state index contributed by atoms with van der Waals surface area (Å²) in [4.78, 5) is 33.1. The molecule has 0 spiro atoms. The Morgan fingerprint density at radius 3 is 2.69 bits per heavy atom. The van der Waals surface area contributed by atoms with Gasteiger partial charge in [0.15, 0.2) is 5.13 Å². The minimum Gasteiger partial charge on any atom is -0.497 e. The summed E-state index contributed by atoms with van der Waals surface area (Å²) < 4.78 is 5.75. The molecule has 0 unspecified atom stereocenters. The first kappa shape index (κ1) is 21.5. The molecule has 2 heterocycles. The Bertz CT molecular complexity index is 953. The number of thiazole rings is 1. The second-order valence-electron chi connectivity index (χ2n) is 6.29.